The van der Waals surface area contributed by atoms with Gasteiger partial charge in [-0.1, -0.05) is 24.3 Å². The summed E-state index contributed by atoms with van der Waals surface area (Å²) in [5, 5.41) is 5.75. The molecule has 1 aliphatic heterocycles. The van der Waals surface area contributed by atoms with Crippen LogP contribution in [0.4, 0.5) is 5.69 Å². The molecule has 178 valence electrons. The van der Waals surface area contributed by atoms with Crippen molar-refractivity contribution in [2.24, 2.45) is 0 Å². The molecule has 2 aromatic heterocycles. The Hall–Kier alpha value is -3.75. The van der Waals surface area contributed by atoms with Gasteiger partial charge < -0.3 is 19.4 Å². The number of carbonyl (C=O) groups is 2. The largest absolute Gasteiger partial charge is 0.423 e. The molecule has 8 heteroatoms. The van der Waals surface area contributed by atoms with Crippen LogP contribution >= 0.6 is 11.3 Å². The number of rotatable bonds is 6. The molecule has 3 heterocycles. The second-order valence-corrected chi connectivity index (χ2v) is 9.44. The van der Waals surface area contributed by atoms with Crippen molar-refractivity contribution in [3.63, 3.8) is 0 Å². The number of fused-ring (bicyclic) bond motifs is 2. The lowest BCUT2D eigenvalue weighted by atomic mass is 9.81. The number of amides is 2. The summed E-state index contributed by atoms with van der Waals surface area (Å²) in [5.74, 6) is -1.01. The Morgan fingerprint density at radius 2 is 1.94 bits per heavy atom. The molecule has 0 spiro atoms. The smallest absolute Gasteiger partial charge is 0.336 e. The maximum Gasteiger partial charge on any atom is 0.336 e. The van der Waals surface area contributed by atoms with E-state index in [1.807, 2.05) is 42.6 Å². The van der Waals surface area contributed by atoms with E-state index in [4.69, 9.17) is 9.15 Å². The number of hydrogen-bond donors (Lipinski definition) is 1. The second-order valence-electron chi connectivity index (χ2n) is 8.47. The van der Waals surface area contributed by atoms with Gasteiger partial charge in [0.15, 0.2) is 0 Å². The van der Waals surface area contributed by atoms with Crippen LogP contribution in [0.5, 0.6) is 0 Å². The molecule has 2 amide bonds. The fraction of sp³-hybridized carbons (Fsp3) is 0.222. The van der Waals surface area contributed by atoms with Crippen molar-refractivity contribution in [3.05, 3.63) is 98.0 Å². The minimum absolute atomic E-state index is 0.122. The molecule has 0 bridgehead atoms. The van der Waals surface area contributed by atoms with E-state index in [-0.39, 0.29) is 11.8 Å². The number of nitrogens with zero attached hydrogens (tertiary/aromatic N) is 1. The highest BCUT2D eigenvalue weighted by atomic mass is 32.1. The lowest BCUT2D eigenvalue weighted by Gasteiger charge is -2.41. The van der Waals surface area contributed by atoms with Crippen LogP contribution in [0.3, 0.4) is 0 Å². The zero-order chi connectivity index (χ0) is 24.5. The molecule has 35 heavy (non-hydrogen) atoms. The van der Waals surface area contributed by atoms with Gasteiger partial charge in [-0.25, -0.2) is 4.79 Å². The molecule has 4 aromatic rings. The third-order valence-corrected chi connectivity index (χ3v) is 7.25. The molecular weight excluding hydrogens is 464 g/mol. The zero-order valence-electron chi connectivity index (χ0n) is 19.3. The first-order chi connectivity index (χ1) is 17.0. The minimum atomic E-state index is -0.639. The number of hydrogen-bond acceptors (Lipinski definition) is 6. The fourth-order valence-corrected chi connectivity index (χ4v) is 5.58. The third-order valence-electron chi connectivity index (χ3n) is 6.31. The van der Waals surface area contributed by atoms with Gasteiger partial charge in [-0.2, -0.15) is 0 Å². The summed E-state index contributed by atoms with van der Waals surface area (Å²) in [6, 6.07) is 17.3. The van der Waals surface area contributed by atoms with Crippen LogP contribution < -0.4 is 10.9 Å². The van der Waals surface area contributed by atoms with E-state index in [1.165, 1.54) is 17.4 Å². The maximum atomic E-state index is 13.9. The Labute approximate surface area is 205 Å². The summed E-state index contributed by atoms with van der Waals surface area (Å²) in [7, 11) is 1.59. The number of anilines is 1. The predicted octanol–water partition coefficient (Wildman–Crippen LogP) is 4.73. The lowest BCUT2D eigenvalue weighted by Crippen LogP contribution is -2.47. The van der Waals surface area contributed by atoms with Gasteiger partial charge in [-0.15, -0.1) is 11.3 Å². The Morgan fingerprint density at radius 3 is 2.71 bits per heavy atom. The molecule has 2 aromatic carbocycles. The van der Waals surface area contributed by atoms with E-state index >= 15 is 0 Å². The first-order valence-electron chi connectivity index (χ1n) is 11.3. The van der Waals surface area contributed by atoms with Gasteiger partial charge in [0.1, 0.15) is 5.58 Å². The van der Waals surface area contributed by atoms with Crippen molar-refractivity contribution < 1.29 is 18.7 Å². The number of benzene rings is 2. The summed E-state index contributed by atoms with van der Waals surface area (Å²) in [6.45, 7) is 2.55. The van der Waals surface area contributed by atoms with Crippen molar-refractivity contribution in [1.82, 2.24) is 4.90 Å². The predicted molar refractivity (Wildman–Crippen MR) is 135 cm³/mol. The molecule has 0 aliphatic carbocycles. The molecule has 5 rings (SSSR count). The average Bonchev–Trinajstić information content (AvgIpc) is 3.37. The molecular formula is C27H24N2O5S. The second kappa shape index (κ2) is 9.48. The van der Waals surface area contributed by atoms with Gasteiger partial charge in [-0.3, -0.25) is 9.59 Å². The summed E-state index contributed by atoms with van der Waals surface area (Å²) >= 11 is 1.51. The van der Waals surface area contributed by atoms with Crippen molar-refractivity contribution in [3.8, 4) is 0 Å². The van der Waals surface area contributed by atoms with Crippen molar-refractivity contribution in [2.45, 2.75) is 18.9 Å². The normalized spacial score (nSPS) is 17.4. The molecule has 2 atom stereocenters. The lowest BCUT2D eigenvalue weighted by molar-refractivity contribution is -0.119. The van der Waals surface area contributed by atoms with E-state index in [0.29, 0.717) is 35.5 Å². The van der Waals surface area contributed by atoms with Crippen molar-refractivity contribution in [2.75, 3.05) is 25.6 Å². The molecule has 0 saturated heterocycles. The highest BCUT2D eigenvalue weighted by Gasteiger charge is 2.44. The first kappa shape index (κ1) is 23.0. The monoisotopic (exact) mass is 488 g/mol. The average molecular weight is 489 g/mol. The standard InChI is InChI=1S/C27H24N2O5S/c1-16-14-23(30)34-21-15-17(9-10-18(16)21)28-26(31)24-19-6-3-4-7-20(19)27(32)29(11-12-33-2)25(24)22-8-5-13-35-22/h3-10,13-15,24-25H,11-12H2,1-2H3,(H,28,31). The van der Waals surface area contributed by atoms with Gasteiger partial charge in [-0.05, 0) is 47.7 Å². The maximum absolute atomic E-state index is 13.9. The van der Waals surface area contributed by atoms with E-state index in [9.17, 15) is 14.4 Å². The van der Waals surface area contributed by atoms with Gasteiger partial charge in [0.25, 0.3) is 5.91 Å². The summed E-state index contributed by atoms with van der Waals surface area (Å²) in [6.07, 6.45) is 0. The molecule has 0 saturated carbocycles. The summed E-state index contributed by atoms with van der Waals surface area (Å²) in [5.41, 5.74) is 2.48. The Kier molecular flexibility index (Phi) is 6.23. The molecule has 0 fully saturated rings. The quantitative estimate of drug-likeness (QED) is 0.397. The van der Waals surface area contributed by atoms with Crippen molar-refractivity contribution >= 4 is 39.8 Å². The van der Waals surface area contributed by atoms with Gasteiger partial charge in [0.05, 0.1) is 18.6 Å². The number of thiophene rings is 1. The summed E-state index contributed by atoms with van der Waals surface area (Å²) in [4.78, 5) is 41.8. The van der Waals surface area contributed by atoms with E-state index in [2.05, 4.69) is 5.32 Å². The number of methoxy groups -OCH3 is 1. The van der Waals surface area contributed by atoms with Crippen LogP contribution in [-0.2, 0) is 9.53 Å². The third kappa shape index (κ3) is 4.26. The van der Waals surface area contributed by atoms with E-state index < -0.39 is 17.6 Å². The van der Waals surface area contributed by atoms with Gasteiger partial charge >= 0.3 is 5.63 Å². The van der Waals surface area contributed by atoms with Crippen LogP contribution in [0.15, 0.2) is 75.3 Å². The van der Waals surface area contributed by atoms with Gasteiger partial charge in [0.2, 0.25) is 5.91 Å². The highest BCUT2D eigenvalue weighted by Crippen LogP contribution is 2.44. The Balaban J connectivity index is 1.58. The number of aryl methyl sites for hydroxylation is 1. The Morgan fingerprint density at radius 1 is 1.11 bits per heavy atom. The van der Waals surface area contributed by atoms with Crippen LogP contribution in [-0.4, -0.2) is 37.0 Å². The molecule has 0 radical (unpaired) electrons. The van der Waals surface area contributed by atoms with Crippen molar-refractivity contribution in [1.29, 1.82) is 0 Å². The molecule has 1 N–H and O–H groups in total. The number of nitrogens with one attached hydrogen (secondary N) is 1. The summed E-state index contributed by atoms with van der Waals surface area (Å²) < 4.78 is 10.6. The van der Waals surface area contributed by atoms with Crippen LogP contribution in [0, 0.1) is 6.92 Å². The van der Waals surface area contributed by atoms with Gasteiger partial charge in [0, 0.05) is 47.3 Å². The molecule has 7 nitrogen and oxygen atoms in total. The fourth-order valence-electron chi connectivity index (χ4n) is 4.71. The van der Waals surface area contributed by atoms with E-state index in [0.717, 1.165) is 15.8 Å². The zero-order valence-corrected chi connectivity index (χ0v) is 20.1. The number of carbonyl (C=O) groups excluding carboxylic acids is 2. The Bertz CT molecular complexity index is 1460. The minimum Gasteiger partial charge on any atom is -0.423 e. The van der Waals surface area contributed by atoms with E-state index in [1.54, 1.807) is 36.3 Å². The number of ether oxygens (including phenoxy) is 1. The van der Waals surface area contributed by atoms with Crippen LogP contribution in [0.1, 0.15) is 38.3 Å². The molecule has 2 unspecified atom stereocenters. The van der Waals surface area contributed by atoms with Crippen LogP contribution in [0.25, 0.3) is 11.0 Å². The molecule has 1 aliphatic rings. The first-order valence-corrected chi connectivity index (χ1v) is 12.1. The van der Waals surface area contributed by atoms with Crippen LogP contribution in [0.2, 0.25) is 0 Å². The highest BCUT2D eigenvalue weighted by molar-refractivity contribution is 7.10. The SMILES string of the molecule is COCCN1C(=O)c2ccccc2C(C(=O)Nc2ccc3c(C)cc(=O)oc3c2)C1c1cccs1. The topological polar surface area (TPSA) is 88.9 Å².